The number of methoxy groups -OCH3 is 1. The smallest absolute Gasteiger partial charge is 0.295 e. The Labute approximate surface area is 169 Å². The van der Waals surface area contributed by atoms with Crippen LogP contribution in [0.5, 0.6) is 5.75 Å². The third-order valence-corrected chi connectivity index (χ3v) is 4.99. The van der Waals surface area contributed by atoms with E-state index < -0.39 is 6.04 Å². The van der Waals surface area contributed by atoms with Crippen molar-refractivity contribution in [2.45, 2.75) is 26.4 Å². The van der Waals surface area contributed by atoms with E-state index in [4.69, 9.17) is 4.74 Å². The molecule has 0 spiro atoms. The summed E-state index contributed by atoms with van der Waals surface area (Å²) < 4.78 is 8.61. The molecule has 7 heteroatoms. The molecule has 152 valence electrons. The maximum atomic E-state index is 12.9. The molecule has 0 aliphatic heterocycles. The van der Waals surface area contributed by atoms with Crippen LogP contribution in [0, 0.1) is 6.92 Å². The van der Waals surface area contributed by atoms with Gasteiger partial charge in [-0.3, -0.25) is 14.3 Å². The first-order chi connectivity index (χ1) is 13.9. The van der Waals surface area contributed by atoms with Gasteiger partial charge in [0, 0.05) is 19.2 Å². The van der Waals surface area contributed by atoms with Gasteiger partial charge in [0.05, 0.1) is 24.5 Å². The number of hydrogen-bond acceptors (Lipinski definition) is 4. The molecule has 0 saturated carbocycles. The van der Waals surface area contributed by atoms with Crippen LogP contribution < -0.4 is 20.9 Å². The number of aromatic nitrogens is 2. The van der Waals surface area contributed by atoms with Gasteiger partial charge in [0.15, 0.2) is 0 Å². The van der Waals surface area contributed by atoms with Crippen molar-refractivity contribution < 1.29 is 9.53 Å². The molecule has 1 aromatic heterocycles. The van der Waals surface area contributed by atoms with Crippen molar-refractivity contribution in [2.75, 3.05) is 12.4 Å². The number of amides is 1. The van der Waals surface area contributed by atoms with E-state index >= 15 is 0 Å². The van der Waals surface area contributed by atoms with Crippen LogP contribution in [0.3, 0.4) is 0 Å². The third-order valence-electron chi connectivity index (χ3n) is 4.99. The summed E-state index contributed by atoms with van der Waals surface area (Å²) in [6.07, 6.45) is 0. The zero-order valence-corrected chi connectivity index (χ0v) is 17.1. The lowest BCUT2D eigenvalue weighted by atomic mass is 10.2. The average Bonchev–Trinajstić information content (AvgIpc) is 2.95. The van der Waals surface area contributed by atoms with Crippen LogP contribution in [0.4, 0.5) is 5.69 Å². The van der Waals surface area contributed by atoms with Crippen molar-refractivity contribution in [3.63, 3.8) is 0 Å². The normalized spacial score (nSPS) is 11.9. The molecule has 1 amide bonds. The lowest BCUT2D eigenvalue weighted by Crippen LogP contribution is -2.38. The van der Waals surface area contributed by atoms with E-state index in [0.717, 1.165) is 17.0 Å². The minimum atomic E-state index is -0.496. The van der Waals surface area contributed by atoms with Crippen molar-refractivity contribution in [2.24, 2.45) is 7.05 Å². The minimum absolute atomic E-state index is 0.263. The van der Waals surface area contributed by atoms with Gasteiger partial charge in [-0.15, -0.1) is 0 Å². The van der Waals surface area contributed by atoms with Gasteiger partial charge in [-0.2, -0.15) is 0 Å². The summed E-state index contributed by atoms with van der Waals surface area (Å²) in [4.78, 5) is 25.6. The topological polar surface area (TPSA) is 77.3 Å². The SMILES string of the molecule is COc1ccccc1CN[C@@H](C)C(=O)Nc1c(C)n(C)n(-c2ccccc2)c1=O. The molecule has 1 atom stereocenters. The summed E-state index contributed by atoms with van der Waals surface area (Å²) in [6.45, 7) is 4.04. The summed E-state index contributed by atoms with van der Waals surface area (Å²) >= 11 is 0. The maximum Gasteiger partial charge on any atom is 0.295 e. The summed E-state index contributed by atoms with van der Waals surface area (Å²) in [5.74, 6) is 0.489. The number of hydrogen-bond donors (Lipinski definition) is 2. The Morgan fingerprint density at radius 3 is 2.45 bits per heavy atom. The molecule has 0 unspecified atom stereocenters. The summed E-state index contributed by atoms with van der Waals surface area (Å²) in [7, 11) is 3.41. The first-order valence-corrected chi connectivity index (χ1v) is 9.44. The lowest BCUT2D eigenvalue weighted by molar-refractivity contribution is -0.117. The Hall–Kier alpha value is -3.32. The molecule has 0 aliphatic carbocycles. The fourth-order valence-corrected chi connectivity index (χ4v) is 3.15. The van der Waals surface area contributed by atoms with Gasteiger partial charge >= 0.3 is 0 Å². The third kappa shape index (κ3) is 4.25. The second-order valence-corrected chi connectivity index (χ2v) is 6.84. The molecule has 1 heterocycles. The molecule has 3 aromatic rings. The van der Waals surface area contributed by atoms with E-state index in [0.29, 0.717) is 12.2 Å². The predicted octanol–water partition coefficient (Wildman–Crippen LogP) is 2.61. The van der Waals surface area contributed by atoms with Gasteiger partial charge in [0.25, 0.3) is 5.56 Å². The summed E-state index contributed by atoms with van der Waals surface area (Å²) in [6, 6.07) is 16.5. The van der Waals surface area contributed by atoms with E-state index in [-0.39, 0.29) is 17.2 Å². The maximum absolute atomic E-state index is 12.9. The van der Waals surface area contributed by atoms with Crippen LogP contribution in [-0.2, 0) is 18.4 Å². The predicted molar refractivity (Wildman–Crippen MR) is 114 cm³/mol. The Balaban J connectivity index is 1.74. The van der Waals surface area contributed by atoms with Crippen LogP contribution in [0.15, 0.2) is 59.4 Å². The van der Waals surface area contributed by atoms with Crippen molar-refractivity contribution in [1.29, 1.82) is 0 Å². The van der Waals surface area contributed by atoms with E-state index in [1.54, 1.807) is 25.8 Å². The second kappa shape index (κ2) is 8.79. The number of carbonyl (C=O) groups excluding carboxylic acids is 1. The number of para-hydroxylation sites is 2. The van der Waals surface area contributed by atoms with Crippen LogP contribution in [0.2, 0.25) is 0 Å². The molecule has 29 heavy (non-hydrogen) atoms. The Morgan fingerprint density at radius 2 is 1.76 bits per heavy atom. The number of nitrogens with zero attached hydrogens (tertiary/aromatic N) is 2. The first kappa shape index (κ1) is 20.4. The highest BCUT2D eigenvalue weighted by Gasteiger charge is 2.21. The summed E-state index contributed by atoms with van der Waals surface area (Å²) in [5.41, 5.74) is 2.40. The molecule has 0 bridgehead atoms. The number of carbonyl (C=O) groups is 1. The van der Waals surface area contributed by atoms with E-state index in [9.17, 15) is 9.59 Å². The molecule has 0 fully saturated rings. The van der Waals surface area contributed by atoms with E-state index in [1.807, 2.05) is 61.5 Å². The molecule has 3 rings (SSSR count). The Bertz CT molecular complexity index is 1050. The fourth-order valence-electron chi connectivity index (χ4n) is 3.15. The molecule has 2 N–H and O–H groups in total. The van der Waals surface area contributed by atoms with Crippen LogP contribution in [0.1, 0.15) is 18.2 Å². The first-order valence-electron chi connectivity index (χ1n) is 9.44. The van der Waals surface area contributed by atoms with Gasteiger partial charge in [-0.1, -0.05) is 36.4 Å². The summed E-state index contributed by atoms with van der Waals surface area (Å²) in [5, 5.41) is 5.97. The molecule has 0 radical (unpaired) electrons. The molecule has 0 saturated heterocycles. The average molecular weight is 394 g/mol. The molecular formula is C22H26N4O3. The Morgan fingerprint density at radius 1 is 1.10 bits per heavy atom. The standard InChI is InChI=1S/C22H26N4O3/c1-15(23-14-17-10-8-9-13-19(17)29-4)21(27)24-20-16(2)25(3)26(22(20)28)18-11-6-5-7-12-18/h5-13,15,23H,14H2,1-4H3,(H,24,27)/t15-/m0/s1. The van der Waals surface area contributed by atoms with E-state index in [1.165, 1.54) is 4.68 Å². The second-order valence-electron chi connectivity index (χ2n) is 6.84. The fraction of sp³-hybridized carbons (Fsp3) is 0.273. The van der Waals surface area contributed by atoms with Crippen LogP contribution >= 0.6 is 0 Å². The number of anilines is 1. The zero-order valence-electron chi connectivity index (χ0n) is 17.1. The highest BCUT2D eigenvalue weighted by Crippen LogP contribution is 2.17. The van der Waals surface area contributed by atoms with Gasteiger partial charge in [0.2, 0.25) is 5.91 Å². The molecule has 7 nitrogen and oxygen atoms in total. The zero-order chi connectivity index (χ0) is 21.0. The van der Waals surface area contributed by atoms with Gasteiger partial charge in [-0.05, 0) is 32.0 Å². The largest absolute Gasteiger partial charge is 0.496 e. The van der Waals surface area contributed by atoms with Gasteiger partial charge < -0.3 is 15.4 Å². The van der Waals surface area contributed by atoms with Crippen molar-refractivity contribution in [3.05, 3.63) is 76.2 Å². The van der Waals surface area contributed by atoms with Gasteiger partial charge in [0.1, 0.15) is 11.4 Å². The number of benzene rings is 2. The Kier molecular flexibility index (Phi) is 6.19. The molecule has 0 aliphatic rings. The molecule has 2 aromatic carbocycles. The van der Waals surface area contributed by atoms with Gasteiger partial charge in [-0.25, -0.2) is 4.68 Å². The lowest BCUT2D eigenvalue weighted by Gasteiger charge is -2.15. The van der Waals surface area contributed by atoms with Crippen molar-refractivity contribution in [1.82, 2.24) is 14.7 Å². The van der Waals surface area contributed by atoms with Crippen LogP contribution in [0.25, 0.3) is 5.69 Å². The van der Waals surface area contributed by atoms with Crippen molar-refractivity contribution >= 4 is 11.6 Å². The number of nitrogens with one attached hydrogen (secondary N) is 2. The number of rotatable bonds is 7. The van der Waals surface area contributed by atoms with Crippen LogP contribution in [-0.4, -0.2) is 28.4 Å². The van der Waals surface area contributed by atoms with Crippen molar-refractivity contribution in [3.8, 4) is 11.4 Å². The highest BCUT2D eigenvalue weighted by molar-refractivity contribution is 5.94. The monoisotopic (exact) mass is 394 g/mol. The van der Waals surface area contributed by atoms with E-state index in [2.05, 4.69) is 10.6 Å². The quantitative estimate of drug-likeness (QED) is 0.646. The highest BCUT2D eigenvalue weighted by atomic mass is 16.5. The molecular weight excluding hydrogens is 368 g/mol. The number of ether oxygens (including phenoxy) is 1. The minimum Gasteiger partial charge on any atom is -0.496 e.